The maximum atomic E-state index is 12.8. The number of carbonyl (C=O) groups is 1. The van der Waals surface area contributed by atoms with Crippen LogP contribution in [0.25, 0.3) is 0 Å². The molecule has 0 spiro atoms. The van der Waals surface area contributed by atoms with Gasteiger partial charge in [-0.15, -0.1) is 6.42 Å². The Bertz CT molecular complexity index is 936. The smallest absolute Gasteiger partial charge is 0.293 e. The molecule has 0 unspecified atom stereocenters. The molecule has 0 radical (unpaired) electrons. The van der Waals surface area contributed by atoms with E-state index < -0.39 is 0 Å². The quantitative estimate of drug-likeness (QED) is 0.612. The third-order valence-corrected chi connectivity index (χ3v) is 4.09. The lowest BCUT2D eigenvalue weighted by molar-refractivity contribution is 0.0959. The number of amides is 1. The third-order valence-electron chi connectivity index (χ3n) is 3.68. The zero-order chi connectivity index (χ0) is 17.8. The van der Waals surface area contributed by atoms with Crippen LogP contribution in [0.5, 0.6) is 0 Å². The molecule has 0 bridgehead atoms. The van der Waals surface area contributed by atoms with Gasteiger partial charge in [0.25, 0.3) is 5.91 Å². The fourth-order valence-corrected chi connectivity index (χ4v) is 2.83. The molecule has 0 fully saturated rings. The van der Waals surface area contributed by atoms with Crippen molar-refractivity contribution in [1.29, 1.82) is 0 Å². The molecular weight excluding hydrogens is 382 g/mol. The van der Waals surface area contributed by atoms with Crippen molar-refractivity contribution in [3.05, 3.63) is 70.3 Å². The van der Waals surface area contributed by atoms with Crippen LogP contribution >= 0.6 is 15.9 Å². The largest absolute Gasteiger partial charge is 0.454 e. The van der Waals surface area contributed by atoms with Gasteiger partial charge in [-0.1, -0.05) is 12.0 Å². The monoisotopic (exact) mass is 397 g/mol. The molecule has 2 heterocycles. The number of carbonyl (C=O) groups excluding carboxylic acids is 1. The molecule has 25 heavy (non-hydrogen) atoms. The highest BCUT2D eigenvalue weighted by Gasteiger charge is 2.20. The number of hydrogen-bond acceptors (Lipinski definition) is 3. The summed E-state index contributed by atoms with van der Waals surface area (Å²) in [5, 5.41) is 4.18. The van der Waals surface area contributed by atoms with E-state index in [1.807, 2.05) is 37.4 Å². The van der Waals surface area contributed by atoms with Crippen molar-refractivity contribution < 1.29 is 9.21 Å². The van der Waals surface area contributed by atoms with E-state index in [0.29, 0.717) is 18.8 Å². The van der Waals surface area contributed by atoms with E-state index in [4.69, 9.17) is 10.8 Å². The first-order chi connectivity index (χ1) is 12.1. The number of anilines is 1. The zero-order valence-corrected chi connectivity index (χ0v) is 15.2. The summed E-state index contributed by atoms with van der Waals surface area (Å²) in [7, 11) is 0. The molecule has 0 aliphatic heterocycles. The number of hydrogen-bond donors (Lipinski definition) is 0. The third kappa shape index (κ3) is 3.83. The second kappa shape index (κ2) is 7.41. The van der Waals surface area contributed by atoms with E-state index >= 15 is 0 Å². The minimum Gasteiger partial charge on any atom is -0.454 e. The second-order valence-electron chi connectivity index (χ2n) is 5.37. The summed E-state index contributed by atoms with van der Waals surface area (Å²) in [4.78, 5) is 14.4. The SMILES string of the molecule is C#Cc1cccc(N(CC)C(=O)c2ccc(Cn3cc(Br)cn3)o2)c1. The average molecular weight is 398 g/mol. The maximum Gasteiger partial charge on any atom is 0.293 e. The van der Waals surface area contributed by atoms with Crippen molar-refractivity contribution in [3.8, 4) is 12.3 Å². The highest BCUT2D eigenvalue weighted by atomic mass is 79.9. The lowest BCUT2D eigenvalue weighted by Crippen LogP contribution is -2.30. The Morgan fingerprint density at radius 1 is 1.40 bits per heavy atom. The summed E-state index contributed by atoms with van der Waals surface area (Å²) in [6, 6.07) is 10.8. The van der Waals surface area contributed by atoms with Crippen LogP contribution in [0.3, 0.4) is 0 Å². The van der Waals surface area contributed by atoms with Crippen molar-refractivity contribution >= 4 is 27.5 Å². The van der Waals surface area contributed by atoms with Crippen LogP contribution < -0.4 is 4.90 Å². The lowest BCUT2D eigenvalue weighted by Gasteiger charge is -2.20. The van der Waals surface area contributed by atoms with Crippen LogP contribution in [0.4, 0.5) is 5.69 Å². The normalized spacial score (nSPS) is 10.4. The first-order valence-electron chi connectivity index (χ1n) is 7.76. The summed E-state index contributed by atoms with van der Waals surface area (Å²) >= 11 is 3.35. The number of benzene rings is 1. The van der Waals surface area contributed by atoms with Gasteiger partial charge >= 0.3 is 0 Å². The van der Waals surface area contributed by atoms with Gasteiger partial charge in [0.05, 0.1) is 17.2 Å². The minimum atomic E-state index is -0.204. The molecule has 0 saturated carbocycles. The van der Waals surface area contributed by atoms with E-state index in [1.54, 1.807) is 27.9 Å². The number of nitrogens with zero attached hydrogens (tertiary/aromatic N) is 3. The lowest BCUT2D eigenvalue weighted by atomic mass is 10.2. The summed E-state index contributed by atoms with van der Waals surface area (Å²) < 4.78 is 8.33. The van der Waals surface area contributed by atoms with Crippen molar-refractivity contribution in [3.63, 3.8) is 0 Å². The number of terminal acetylenes is 1. The van der Waals surface area contributed by atoms with Crippen molar-refractivity contribution in [1.82, 2.24) is 9.78 Å². The van der Waals surface area contributed by atoms with Crippen LogP contribution in [-0.4, -0.2) is 22.2 Å². The van der Waals surface area contributed by atoms with Crippen LogP contribution in [0.1, 0.15) is 28.8 Å². The molecular formula is C19H16BrN3O2. The first-order valence-corrected chi connectivity index (χ1v) is 8.55. The fourth-order valence-electron chi connectivity index (χ4n) is 2.50. The van der Waals surface area contributed by atoms with Crippen molar-refractivity contribution in [2.75, 3.05) is 11.4 Å². The van der Waals surface area contributed by atoms with E-state index in [-0.39, 0.29) is 11.7 Å². The Balaban J connectivity index is 1.80. The topological polar surface area (TPSA) is 51.3 Å². The molecule has 5 nitrogen and oxygen atoms in total. The van der Waals surface area contributed by atoms with Gasteiger partial charge < -0.3 is 9.32 Å². The number of furan rings is 1. The highest BCUT2D eigenvalue weighted by Crippen LogP contribution is 2.20. The molecule has 3 aromatic rings. The Morgan fingerprint density at radius 2 is 2.24 bits per heavy atom. The highest BCUT2D eigenvalue weighted by molar-refractivity contribution is 9.10. The van der Waals surface area contributed by atoms with Crippen LogP contribution in [0.15, 0.2) is 57.7 Å². The Labute approximate surface area is 154 Å². The van der Waals surface area contributed by atoms with Gasteiger partial charge in [0, 0.05) is 24.0 Å². The number of rotatable bonds is 5. The Morgan fingerprint density at radius 3 is 2.92 bits per heavy atom. The van der Waals surface area contributed by atoms with Crippen LogP contribution in [0.2, 0.25) is 0 Å². The molecule has 1 amide bonds. The van der Waals surface area contributed by atoms with Gasteiger partial charge in [0.1, 0.15) is 5.76 Å². The summed E-state index contributed by atoms with van der Waals surface area (Å²) in [6.07, 6.45) is 8.98. The molecule has 3 rings (SSSR count). The molecule has 0 atom stereocenters. The summed E-state index contributed by atoms with van der Waals surface area (Å²) in [5.41, 5.74) is 1.48. The molecule has 2 aromatic heterocycles. The predicted molar refractivity (Wildman–Crippen MR) is 99.5 cm³/mol. The molecule has 0 N–H and O–H groups in total. The summed E-state index contributed by atoms with van der Waals surface area (Å²) in [6.45, 7) is 2.87. The predicted octanol–water partition coefficient (Wildman–Crippen LogP) is 3.93. The standard InChI is InChI=1S/C19H16BrN3O2/c1-3-14-6-5-7-16(10-14)23(4-2)19(24)18-9-8-17(25-18)13-22-12-15(20)11-21-22/h1,5-12H,4,13H2,2H3. The van der Waals surface area contributed by atoms with Gasteiger partial charge in [0.2, 0.25) is 0 Å². The average Bonchev–Trinajstić information content (AvgIpc) is 3.25. The van der Waals surface area contributed by atoms with Crippen LogP contribution in [0, 0.1) is 12.3 Å². The van der Waals surface area contributed by atoms with Gasteiger partial charge in [-0.25, -0.2) is 0 Å². The molecule has 0 aliphatic rings. The minimum absolute atomic E-state index is 0.204. The molecule has 1 aromatic carbocycles. The fraction of sp³-hybridized carbons (Fsp3) is 0.158. The van der Waals surface area contributed by atoms with Crippen molar-refractivity contribution in [2.24, 2.45) is 0 Å². The maximum absolute atomic E-state index is 12.8. The van der Waals surface area contributed by atoms with Crippen molar-refractivity contribution in [2.45, 2.75) is 13.5 Å². The van der Waals surface area contributed by atoms with Crippen LogP contribution in [-0.2, 0) is 6.54 Å². The molecule has 0 aliphatic carbocycles. The van der Waals surface area contributed by atoms with Gasteiger partial charge in [-0.3, -0.25) is 9.48 Å². The molecule has 126 valence electrons. The first kappa shape index (κ1) is 17.1. The van der Waals surface area contributed by atoms with Gasteiger partial charge in [-0.05, 0) is 53.2 Å². The Kier molecular flexibility index (Phi) is 5.05. The van der Waals surface area contributed by atoms with E-state index in [9.17, 15) is 4.79 Å². The zero-order valence-electron chi connectivity index (χ0n) is 13.6. The van der Waals surface area contributed by atoms with Gasteiger partial charge in [-0.2, -0.15) is 5.10 Å². The number of aromatic nitrogens is 2. The molecule has 0 saturated heterocycles. The van der Waals surface area contributed by atoms with E-state index in [2.05, 4.69) is 26.9 Å². The molecule has 6 heteroatoms. The Hall–Kier alpha value is -2.78. The van der Waals surface area contributed by atoms with E-state index in [1.165, 1.54) is 0 Å². The number of halogens is 1. The summed E-state index contributed by atoms with van der Waals surface area (Å²) in [5.74, 6) is 3.33. The van der Waals surface area contributed by atoms with E-state index in [0.717, 1.165) is 15.7 Å². The second-order valence-corrected chi connectivity index (χ2v) is 6.28. The van der Waals surface area contributed by atoms with Gasteiger partial charge in [0.15, 0.2) is 5.76 Å².